The number of carbonyl (C=O) groups is 2. The number of carbonyl (C=O) groups excluding carboxylic acids is 2. The quantitative estimate of drug-likeness (QED) is 0.824. The average Bonchev–Trinajstić information content (AvgIpc) is 3.35. The van der Waals surface area contributed by atoms with Crippen molar-refractivity contribution in [1.29, 1.82) is 0 Å². The highest BCUT2D eigenvalue weighted by molar-refractivity contribution is 5.97. The highest BCUT2D eigenvalue weighted by Gasteiger charge is 2.49. The van der Waals surface area contributed by atoms with Gasteiger partial charge in [0.25, 0.3) is 5.91 Å². The predicted molar refractivity (Wildman–Crippen MR) is 88.4 cm³/mol. The molecule has 1 N–H and O–H groups in total. The Morgan fingerprint density at radius 2 is 2.04 bits per heavy atom. The fourth-order valence-corrected chi connectivity index (χ4v) is 2.84. The monoisotopic (exact) mass is 327 g/mol. The SMILES string of the molecule is COC(=O)[C@@](C)(NC(=O)c1cnn(Cc2ccccc2)c1)C1CC1. The molecule has 2 aromatic rings. The van der Waals surface area contributed by atoms with E-state index < -0.39 is 11.5 Å². The molecule has 24 heavy (non-hydrogen) atoms. The molecule has 1 atom stereocenters. The molecular weight excluding hydrogens is 306 g/mol. The van der Waals surface area contributed by atoms with E-state index in [0.717, 1.165) is 18.4 Å². The first kappa shape index (κ1) is 16.2. The molecule has 1 fully saturated rings. The number of aromatic nitrogens is 2. The third-order valence-electron chi connectivity index (χ3n) is 4.46. The van der Waals surface area contributed by atoms with E-state index in [1.807, 2.05) is 30.3 Å². The molecule has 0 saturated heterocycles. The van der Waals surface area contributed by atoms with Gasteiger partial charge < -0.3 is 10.1 Å². The van der Waals surface area contributed by atoms with Gasteiger partial charge in [0, 0.05) is 6.20 Å². The van der Waals surface area contributed by atoms with Gasteiger partial charge in [0.2, 0.25) is 0 Å². The molecule has 6 nitrogen and oxygen atoms in total. The van der Waals surface area contributed by atoms with Crippen LogP contribution in [0.4, 0.5) is 0 Å². The van der Waals surface area contributed by atoms with Crippen LogP contribution in [0.2, 0.25) is 0 Å². The topological polar surface area (TPSA) is 73.2 Å². The van der Waals surface area contributed by atoms with Gasteiger partial charge in [-0.2, -0.15) is 5.10 Å². The van der Waals surface area contributed by atoms with Crippen LogP contribution in [-0.2, 0) is 16.1 Å². The molecule has 1 heterocycles. The Hall–Kier alpha value is -2.63. The number of ether oxygens (including phenoxy) is 1. The lowest BCUT2D eigenvalue weighted by Gasteiger charge is -2.27. The largest absolute Gasteiger partial charge is 0.467 e. The van der Waals surface area contributed by atoms with Gasteiger partial charge in [0.15, 0.2) is 0 Å². The molecule has 1 saturated carbocycles. The molecule has 6 heteroatoms. The second-order valence-corrected chi connectivity index (χ2v) is 6.33. The highest BCUT2D eigenvalue weighted by Crippen LogP contribution is 2.40. The van der Waals surface area contributed by atoms with Crippen LogP contribution in [-0.4, -0.2) is 34.3 Å². The van der Waals surface area contributed by atoms with Crippen LogP contribution >= 0.6 is 0 Å². The van der Waals surface area contributed by atoms with Gasteiger partial charge in [-0.3, -0.25) is 9.48 Å². The molecule has 1 aromatic carbocycles. The maximum atomic E-state index is 12.5. The summed E-state index contributed by atoms with van der Waals surface area (Å²) >= 11 is 0. The Labute approximate surface area is 140 Å². The van der Waals surface area contributed by atoms with E-state index in [1.165, 1.54) is 13.3 Å². The zero-order valence-electron chi connectivity index (χ0n) is 13.9. The summed E-state index contributed by atoms with van der Waals surface area (Å²) in [5, 5.41) is 7.06. The molecule has 1 amide bonds. The summed E-state index contributed by atoms with van der Waals surface area (Å²) in [4.78, 5) is 24.6. The Kier molecular flexibility index (Phi) is 4.38. The number of hydrogen-bond acceptors (Lipinski definition) is 4. The maximum absolute atomic E-state index is 12.5. The van der Waals surface area contributed by atoms with Crippen molar-refractivity contribution in [3.63, 3.8) is 0 Å². The lowest BCUT2D eigenvalue weighted by molar-refractivity contribution is -0.148. The van der Waals surface area contributed by atoms with E-state index >= 15 is 0 Å². The second-order valence-electron chi connectivity index (χ2n) is 6.33. The molecule has 0 spiro atoms. The molecule has 0 aliphatic heterocycles. The molecule has 1 aliphatic carbocycles. The predicted octanol–water partition coefficient (Wildman–Crippen LogP) is 2.00. The standard InChI is InChI=1S/C18H21N3O3/c1-18(15-8-9-15,17(23)24-2)20-16(22)14-10-19-21(12-14)11-13-6-4-3-5-7-13/h3-7,10,12,15H,8-9,11H2,1-2H3,(H,20,22)/t18-/m0/s1. The lowest BCUT2D eigenvalue weighted by Crippen LogP contribution is -2.54. The molecule has 0 radical (unpaired) electrons. The number of nitrogens with one attached hydrogen (secondary N) is 1. The highest BCUT2D eigenvalue weighted by atomic mass is 16.5. The van der Waals surface area contributed by atoms with E-state index in [4.69, 9.17) is 4.74 Å². The molecular formula is C18H21N3O3. The van der Waals surface area contributed by atoms with E-state index in [2.05, 4.69) is 10.4 Å². The first-order valence-electron chi connectivity index (χ1n) is 8.00. The second kappa shape index (κ2) is 6.47. The van der Waals surface area contributed by atoms with Crippen molar-refractivity contribution in [2.45, 2.75) is 31.8 Å². The Balaban J connectivity index is 1.70. The van der Waals surface area contributed by atoms with Crippen LogP contribution in [0.1, 0.15) is 35.7 Å². The Bertz CT molecular complexity index is 737. The molecule has 1 aromatic heterocycles. The third kappa shape index (κ3) is 3.32. The van der Waals surface area contributed by atoms with Crippen molar-refractivity contribution < 1.29 is 14.3 Å². The van der Waals surface area contributed by atoms with Crippen molar-refractivity contribution in [2.75, 3.05) is 7.11 Å². The number of hydrogen-bond donors (Lipinski definition) is 1. The summed E-state index contributed by atoms with van der Waals surface area (Å²) in [6.45, 7) is 2.31. The van der Waals surface area contributed by atoms with Crippen LogP contribution in [0, 0.1) is 5.92 Å². The fraction of sp³-hybridized carbons (Fsp3) is 0.389. The van der Waals surface area contributed by atoms with Crippen molar-refractivity contribution >= 4 is 11.9 Å². The summed E-state index contributed by atoms with van der Waals surface area (Å²) < 4.78 is 6.57. The van der Waals surface area contributed by atoms with Crippen LogP contribution in [0.25, 0.3) is 0 Å². The van der Waals surface area contributed by atoms with Crippen LogP contribution < -0.4 is 5.32 Å². The van der Waals surface area contributed by atoms with E-state index in [0.29, 0.717) is 12.1 Å². The lowest BCUT2D eigenvalue weighted by atomic mass is 9.95. The molecule has 0 unspecified atom stereocenters. The average molecular weight is 327 g/mol. The summed E-state index contributed by atoms with van der Waals surface area (Å²) in [6, 6.07) is 9.89. The van der Waals surface area contributed by atoms with Crippen LogP contribution in [0.3, 0.4) is 0 Å². The number of esters is 1. The number of methoxy groups -OCH3 is 1. The fourth-order valence-electron chi connectivity index (χ4n) is 2.84. The minimum Gasteiger partial charge on any atom is -0.467 e. The first-order valence-corrected chi connectivity index (χ1v) is 8.00. The number of amides is 1. The van der Waals surface area contributed by atoms with Gasteiger partial charge >= 0.3 is 5.97 Å². The molecule has 1 aliphatic rings. The van der Waals surface area contributed by atoms with Crippen molar-refractivity contribution in [3.05, 3.63) is 53.9 Å². The van der Waals surface area contributed by atoms with Gasteiger partial charge in [-0.15, -0.1) is 0 Å². The number of benzene rings is 1. The Morgan fingerprint density at radius 3 is 2.67 bits per heavy atom. The normalized spacial score (nSPS) is 16.2. The van der Waals surface area contributed by atoms with Crippen molar-refractivity contribution in [3.8, 4) is 0 Å². The van der Waals surface area contributed by atoms with Gasteiger partial charge in [0.1, 0.15) is 5.54 Å². The third-order valence-corrected chi connectivity index (χ3v) is 4.46. The zero-order chi connectivity index (χ0) is 17.2. The smallest absolute Gasteiger partial charge is 0.331 e. The molecule has 126 valence electrons. The minimum atomic E-state index is -0.979. The number of rotatable bonds is 6. The van der Waals surface area contributed by atoms with Crippen LogP contribution in [0.15, 0.2) is 42.7 Å². The van der Waals surface area contributed by atoms with Gasteiger partial charge in [-0.1, -0.05) is 30.3 Å². The summed E-state index contributed by atoms with van der Waals surface area (Å²) in [5.41, 5.74) is 0.555. The Morgan fingerprint density at radius 1 is 1.33 bits per heavy atom. The first-order chi connectivity index (χ1) is 11.5. The summed E-state index contributed by atoms with van der Waals surface area (Å²) in [5.74, 6) is -0.586. The molecule has 3 rings (SSSR count). The minimum absolute atomic E-state index is 0.133. The maximum Gasteiger partial charge on any atom is 0.331 e. The van der Waals surface area contributed by atoms with Crippen LogP contribution in [0.5, 0.6) is 0 Å². The summed E-state index contributed by atoms with van der Waals surface area (Å²) in [6.07, 6.45) is 5.04. The van der Waals surface area contributed by atoms with Crippen molar-refractivity contribution in [2.24, 2.45) is 5.92 Å². The summed E-state index contributed by atoms with van der Waals surface area (Å²) in [7, 11) is 1.34. The zero-order valence-corrected chi connectivity index (χ0v) is 13.9. The van der Waals surface area contributed by atoms with E-state index in [9.17, 15) is 9.59 Å². The number of nitrogens with zero attached hydrogens (tertiary/aromatic N) is 2. The molecule has 0 bridgehead atoms. The van der Waals surface area contributed by atoms with E-state index in [1.54, 1.807) is 17.8 Å². The van der Waals surface area contributed by atoms with Gasteiger partial charge in [-0.25, -0.2) is 4.79 Å². The van der Waals surface area contributed by atoms with Crippen molar-refractivity contribution in [1.82, 2.24) is 15.1 Å². The van der Waals surface area contributed by atoms with Gasteiger partial charge in [0.05, 0.1) is 25.4 Å². The van der Waals surface area contributed by atoms with Gasteiger partial charge in [-0.05, 0) is 31.2 Å². The van der Waals surface area contributed by atoms with E-state index in [-0.39, 0.29) is 11.8 Å².